The van der Waals surface area contributed by atoms with E-state index in [-0.39, 0.29) is 0 Å². The molecule has 6 nitrogen and oxygen atoms in total. The molecule has 0 saturated carbocycles. The first kappa shape index (κ1) is 29.2. The summed E-state index contributed by atoms with van der Waals surface area (Å²) in [5.41, 5.74) is 8.54. The lowest BCUT2D eigenvalue weighted by Gasteiger charge is -1.99. The highest BCUT2D eigenvalue weighted by Gasteiger charge is 2.21. The van der Waals surface area contributed by atoms with Crippen LogP contribution >= 0.6 is 0 Å². The van der Waals surface area contributed by atoms with Crippen LogP contribution in [0.2, 0.25) is 0 Å². The Morgan fingerprint density at radius 3 is 1.68 bits per heavy atom. The Balaban J connectivity index is 0.000000750. The van der Waals surface area contributed by atoms with Crippen LogP contribution in [0, 0.1) is 0 Å². The Kier molecular flexibility index (Phi) is 10.5. The van der Waals surface area contributed by atoms with Crippen molar-refractivity contribution in [1.82, 2.24) is 29.5 Å². The highest BCUT2D eigenvalue weighted by molar-refractivity contribution is 5.88. The lowest BCUT2D eigenvalue weighted by molar-refractivity contribution is 0.963. The molecule has 0 amide bonds. The van der Waals surface area contributed by atoms with Crippen molar-refractivity contribution in [3.05, 3.63) is 66.3 Å². The van der Waals surface area contributed by atoms with Gasteiger partial charge in [0.1, 0.15) is 22.6 Å². The second-order valence-electron chi connectivity index (χ2n) is 7.35. The molecular formula is C31H40N6. The Hall–Kier alpha value is -4.06. The van der Waals surface area contributed by atoms with Crippen molar-refractivity contribution >= 4 is 40.8 Å². The quantitative estimate of drug-likeness (QED) is 0.270. The van der Waals surface area contributed by atoms with Crippen LogP contribution in [-0.4, -0.2) is 29.5 Å². The standard InChI is InChI=1S/C25H22N6.3C2H6/c1-6-14-15(7-2)21-26-20(14)27-22-18-12-10-11-13-19(18)23(28-22)30-25-17(9-4)16(8-3)24(29-21)31(25)5;3*1-2/h6,8-13H,1,3-4,7H2,2,5H3,(H,26,27,28,29,30);3*1-2H3. The summed E-state index contributed by atoms with van der Waals surface area (Å²) in [5.74, 6) is 1.23. The van der Waals surface area contributed by atoms with Crippen molar-refractivity contribution in [3.8, 4) is 22.8 Å². The Bertz CT molecular complexity index is 1490. The van der Waals surface area contributed by atoms with E-state index in [1.165, 1.54) is 0 Å². The van der Waals surface area contributed by atoms with Gasteiger partial charge in [0.25, 0.3) is 0 Å². The molecule has 1 aliphatic heterocycles. The third-order valence-electron chi connectivity index (χ3n) is 5.74. The van der Waals surface area contributed by atoms with Crippen molar-refractivity contribution in [2.24, 2.45) is 7.05 Å². The van der Waals surface area contributed by atoms with E-state index in [0.29, 0.717) is 17.3 Å². The van der Waals surface area contributed by atoms with Gasteiger partial charge >= 0.3 is 0 Å². The van der Waals surface area contributed by atoms with E-state index in [9.17, 15) is 0 Å². The largest absolute Gasteiger partial charge is 0.324 e. The number of rotatable bonds is 4. The molecule has 0 fully saturated rings. The minimum Gasteiger partial charge on any atom is -0.324 e. The topological polar surface area (TPSA) is 72.3 Å². The molecule has 4 aromatic rings. The highest BCUT2D eigenvalue weighted by Crippen LogP contribution is 2.34. The van der Waals surface area contributed by atoms with Crippen molar-refractivity contribution < 1.29 is 0 Å². The molecule has 6 heteroatoms. The van der Waals surface area contributed by atoms with Crippen LogP contribution in [0.3, 0.4) is 0 Å². The van der Waals surface area contributed by atoms with Gasteiger partial charge in [-0.3, -0.25) is 0 Å². The number of aromatic amines is 1. The summed E-state index contributed by atoms with van der Waals surface area (Å²) in [6.07, 6.45) is 6.20. The molecule has 194 valence electrons. The average molecular weight is 497 g/mol. The highest BCUT2D eigenvalue weighted by atomic mass is 15.1. The molecule has 0 saturated heterocycles. The third kappa shape index (κ3) is 5.10. The first-order valence-corrected chi connectivity index (χ1v) is 13.2. The third-order valence-corrected chi connectivity index (χ3v) is 5.74. The first-order valence-electron chi connectivity index (χ1n) is 13.2. The Morgan fingerprint density at radius 2 is 1.19 bits per heavy atom. The van der Waals surface area contributed by atoms with E-state index >= 15 is 0 Å². The van der Waals surface area contributed by atoms with Gasteiger partial charge in [-0.15, -0.1) is 0 Å². The molecule has 0 radical (unpaired) electrons. The number of hydrogen-bond acceptors (Lipinski definition) is 4. The number of nitrogens with zero attached hydrogens (tertiary/aromatic N) is 5. The van der Waals surface area contributed by atoms with Gasteiger partial charge in [0.2, 0.25) is 0 Å². The van der Waals surface area contributed by atoms with Gasteiger partial charge in [-0.05, 0) is 6.42 Å². The maximum atomic E-state index is 4.99. The molecule has 1 aliphatic rings. The van der Waals surface area contributed by atoms with E-state index in [4.69, 9.17) is 19.9 Å². The van der Waals surface area contributed by atoms with Crippen LogP contribution in [0.5, 0.6) is 0 Å². The van der Waals surface area contributed by atoms with Crippen LogP contribution in [0.4, 0.5) is 0 Å². The number of aromatic nitrogens is 6. The zero-order valence-corrected chi connectivity index (χ0v) is 23.6. The zero-order valence-electron chi connectivity index (χ0n) is 23.6. The normalized spacial score (nSPS) is 10.1. The molecule has 6 bridgehead atoms. The molecule has 4 heterocycles. The van der Waals surface area contributed by atoms with Gasteiger partial charge in [0.15, 0.2) is 11.6 Å². The number of aryl methyl sites for hydroxylation is 2. The molecule has 1 aromatic carbocycles. The molecular weight excluding hydrogens is 456 g/mol. The Morgan fingerprint density at radius 1 is 0.703 bits per heavy atom. The van der Waals surface area contributed by atoms with E-state index in [1.54, 1.807) is 12.2 Å². The van der Waals surface area contributed by atoms with Gasteiger partial charge in [-0.25, -0.2) is 19.9 Å². The van der Waals surface area contributed by atoms with E-state index in [0.717, 1.165) is 56.7 Å². The number of hydrogen-bond donors (Lipinski definition) is 1. The lowest BCUT2D eigenvalue weighted by atomic mass is 10.1. The van der Waals surface area contributed by atoms with Gasteiger partial charge in [0, 0.05) is 40.4 Å². The number of fused-ring (bicyclic) bond motifs is 9. The fourth-order valence-corrected chi connectivity index (χ4v) is 4.24. The SMILES string of the molecule is C=Cc1c(CC)c2nc3c(C=C)c(C=C)c(nc4nc(nc1[nH]2)-c1ccccc1-4)n3C.CC.CC.CC. The Labute approximate surface area is 221 Å². The molecule has 37 heavy (non-hydrogen) atoms. The summed E-state index contributed by atoms with van der Waals surface area (Å²) < 4.78 is 1.96. The van der Waals surface area contributed by atoms with E-state index < -0.39 is 0 Å². The molecule has 0 unspecified atom stereocenters. The van der Waals surface area contributed by atoms with Gasteiger partial charge in [-0.1, -0.05) is 111 Å². The van der Waals surface area contributed by atoms with Crippen LogP contribution in [0.25, 0.3) is 63.6 Å². The van der Waals surface area contributed by atoms with Crippen LogP contribution in [0.15, 0.2) is 44.0 Å². The predicted octanol–water partition coefficient (Wildman–Crippen LogP) is 8.58. The summed E-state index contributed by atoms with van der Waals surface area (Å²) in [6, 6.07) is 8.00. The maximum absolute atomic E-state index is 4.99. The number of H-pyrrole nitrogens is 1. The van der Waals surface area contributed by atoms with Gasteiger partial charge < -0.3 is 9.55 Å². The summed E-state index contributed by atoms with van der Waals surface area (Å²) in [5, 5.41) is 0. The first-order chi connectivity index (χ1) is 18.1. The van der Waals surface area contributed by atoms with Crippen molar-refractivity contribution in [3.63, 3.8) is 0 Å². The predicted molar refractivity (Wildman–Crippen MR) is 162 cm³/mol. The van der Waals surface area contributed by atoms with Crippen LogP contribution < -0.4 is 0 Å². The monoisotopic (exact) mass is 496 g/mol. The molecule has 0 spiro atoms. The minimum absolute atomic E-state index is 0.614. The van der Waals surface area contributed by atoms with E-state index in [2.05, 4.69) is 31.6 Å². The summed E-state index contributed by atoms with van der Waals surface area (Å²) in [6.45, 7) is 26.1. The summed E-state index contributed by atoms with van der Waals surface area (Å²) in [4.78, 5) is 23.0. The fraction of sp³-hybridized carbons (Fsp3) is 0.290. The minimum atomic E-state index is 0.614. The van der Waals surface area contributed by atoms with Gasteiger partial charge in [-0.2, -0.15) is 0 Å². The number of benzene rings is 1. The number of nitrogens with one attached hydrogen (secondary N) is 1. The van der Waals surface area contributed by atoms with Crippen LogP contribution in [0.1, 0.15) is 70.7 Å². The second kappa shape index (κ2) is 13.3. The second-order valence-corrected chi connectivity index (χ2v) is 7.35. The van der Waals surface area contributed by atoms with Crippen molar-refractivity contribution in [1.29, 1.82) is 0 Å². The molecule has 3 aromatic heterocycles. The van der Waals surface area contributed by atoms with Crippen LogP contribution in [-0.2, 0) is 13.5 Å². The van der Waals surface area contributed by atoms with Crippen molar-refractivity contribution in [2.75, 3.05) is 0 Å². The zero-order chi connectivity index (χ0) is 27.7. The summed E-state index contributed by atoms with van der Waals surface area (Å²) >= 11 is 0. The van der Waals surface area contributed by atoms with E-state index in [1.807, 2.05) is 83.5 Å². The van der Waals surface area contributed by atoms with Crippen molar-refractivity contribution in [2.45, 2.75) is 54.9 Å². The fourth-order valence-electron chi connectivity index (χ4n) is 4.24. The maximum Gasteiger partial charge on any atom is 0.164 e. The lowest BCUT2D eigenvalue weighted by Crippen LogP contribution is -1.93. The summed E-state index contributed by atoms with van der Waals surface area (Å²) in [7, 11) is 1.95. The molecule has 5 rings (SSSR count). The molecule has 0 atom stereocenters. The molecule has 1 N–H and O–H groups in total. The molecule has 0 aliphatic carbocycles. The average Bonchev–Trinajstić information content (AvgIpc) is 3.57. The smallest absolute Gasteiger partial charge is 0.164 e. The van der Waals surface area contributed by atoms with Gasteiger partial charge in [0.05, 0.1) is 0 Å².